The minimum Gasteiger partial charge on any atom is -0.852 e. The van der Waals surface area contributed by atoms with E-state index in [0.717, 1.165) is 23.9 Å². The van der Waals surface area contributed by atoms with E-state index in [9.17, 15) is 5.11 Å². The number of quaternary nitrogens is 1. The van der Waals surface area contributed by atoms with Crippen molar-refractivity contribution in [1.82, 2.24) is 0 Å². The molecule has 3 aliphatic heterocycles. The normalized spacial score (nSPS) is 63.5. The first-order chi connectivity index (χ1) is 6.16. The topological polar surface area (TPSA) is 35.6 Å². The number of ether oxygens (including phenoxy) is 1. The third kappa shape index (κ3) is 0.853. The van der Waals surface area contributed by atoms with Crippen molar-refractivity contribution in [2.75, 3.05) is 13.6 Å². The van der Waals surface area contributed by atoms with E-state index < -0.39 is 0 Å². The van der Waals surface area contributed by atoms with Crippen LogP contribution < -0.4 is 5.11 Å². The summed E-state index contributed by atoms with van der Waals surface area (Å²) < 4.78 is 6.72. The maximum absolute atomic E-state index is 11.5. The molecular weight excluding hydrogens is 166 g/mol. The number of nitrogens with zero attached hydrogens (tertiary/aromatic N) is 1. The number of likely N-dealkylation sites (N-methyl/N-ethyl adjacent to an activating group) is 1. The summed E-state index contributed by atoms with van der Waals surface area (Å²) in [5.74, 6) is 0. The van der Waals surface area contributed by atoms with Crippen molar-refractivity contribution in [3.63, 3.8) is 0 Å². The van der Waals surface area contributed by atoms with Crippen LogP contribution >= 0.6 is 0 Å². The van der Waals surface area contributed by atoms with Gasteiger partial charge in [-0.25, -0.2) is 0 Å². The van der Waals surface area contributed by atoms with Crippen LogP contribution in [0.2, 0.25) is 0 Å². The molecule has 13 heavy (non-hydrogen) atoms. The molecule has 4 atom stereocenters. The van der Waals surface area contributed by atoms with Gasteiger partial charge < -0.3 is 14.3 Å². The second-order valence-electron chi connectivity index (χ2n) is 4.96. The number of epoxide rings is 1. The van der Waals surface area contributed by atoms with Crippen molar-refractivity contribution in [2.24, 2.45) is 0 Å². The molecule has 0 aromatic rings. The lowest BCUT2D eigenvalue weighted by atomic mass is 9.96. The predicted molar refractivity (Wildman–Crippen MR) is 46.0 cm³/mol. The van der Waals surface area contributed by atoms with Gasteiger partial charge >= 0.3 is 0 Å². The van der Waals surface area contributed by atoms with Gasteiger partial charge in [-0.15, -0.1) is 6.10 Å². The summed E-state index contributed by atoms with van der Waals surface area (Å²) in [6.45, 7) is 3.38. The molecule has 3 rings (SSSR count). The minimum atomic E-state index is -0.316. The standard InChI is InChI=1S/C10H17NO2/c1-3-11(2)7-4-6(12)5-8(11)10-9(7)13-10/h6-10H,3-5H2,1-2H3. The molecule has 0 aromatic heterocycles. The Morgan fingerprint density at radius 3 is 2.31 bits per heavy atom. The molecule has 74 valence electrons. The first kappa shape index (κ1) is 8.21. The average Bonchev–Trinajstić information content (AvgIpc) is 2.83. The minimum absolute atomic E-state index is 0.316. The predicted octanol–water partition coefficient (Wildman–Crippen LogP) is -0.506. The van der Waals surface area contributed by atoms with Gasteiger partial charge in [0, 0.05) is 0 Å². The Labute approximate surface area is 78.9 Å². The Balaban J connectivity index is 1.94. The summed E-state index contributed by atoms with van der Waals surface area (Å²) in [5.41, 5.74) is 0. The Morgan fingerprint density at radius 2 is 1.85 bits per heavy atom. The van der Waals surface area contributed by atoms with Gasteiger partial charge in [0.15, 0.2) is 0 Å². The SMILES string of the molecule is CC[N+]1(C)C2CC([O-])CC1C1OC12. The van der Waals surface area contributed by atoms with E-state index in [4.69, 9.17) is 4.74 Å². The fourth-order valence-corrected chi connectivity index (χ4v) is 3.53. The molecule has 0 aromatic carbocycles. The number of piperidine rings is 1. The average molecular weight is 183 g/mol. The van der Waals surface area contributed by atoms with Crippen LogP contribution in [0.5, 0.6) is 0 Å². The van der Waals surface area contributed by atoms with Gasteiger partial charge in [-0.2, -0.15) is 0 Å². The molecule has 3 aliphatic rings. The van der Waals surface area contributed by atoms with Crippen molar-refractivity contribution in [3.8, 4) is 0 Å². The maximum atomic E-state index is 11.5. The van der Waals surface area contributed by atoms with Crippen molar-refractivity contribution in [3.05, 3.63) is 0 Å². The highest BCUT2D eigenvalue weighted by Crippen LogP contribution is 2.51. The number of fused-ring (bicyclic) bond motifs is 5. The Kier molecular flexibility index (Phi) is 1.43. The van der Waals surface area contributed by atoms with Gasteiger partial charge in [0.25, 0.3) is 0 Å². The highest BCUT2D eigenvalue weighted by atomic mass is 16.6. The molecule has 0 saturated carbocycles. The molecule has 3 saturated heterocycles. The molecule has 0 spiro atoms. The Hall–Kier alpha value is -0.120. The van der Waals surface area contributed by atoms with Crippen LogP contribution in [-0.4, -0.2) is 48.5 Å². The number of hydrogen-bond donors (Lipinski definition) is 0. The first-order valence-corrected chi connectivity index (χ1v) is 5.33. The summed E-state index contributed by atoms with van der Waals surface area (Å²) in [4.78, 5) is 0. The van der Waals surface area contributed by atoms with Crippen molar-refractivity contribution in [1.29, 1.82) is 0 Å². The summed E-state index contributed by atoms with van der Waals surface area (Å²) in [5, 5.41) is 11.5. The molecule has 0 amide bonds. The smallest absolute Gasteiger partial charge is 0.142 e. The van der Waals surface area contributed by atoms with E-state index in [1.165, 1.54) is 0 Å². The summed E-state index contributed by atoms with van der Waals surface area (Å²) in [7, 11) is 2.30. The second kappa shape index (κ2) is 2.27. The zero-order valence-corrected chi connectivity index (χ0v) is 8.27. The van der Waals surface area contributed by atoms with E-state index in [-0.39, 0.29) is 6.10 Å². The fourth-order valence-electron chi connectivity index (χ4n) is 3.53. The van der Waals surface area contributed by atoms with Gasteiger partial charge in [0.05, 0.1) is 13.6 Å². The lowest BCUT2D eigenvalue weighted by Crippen LogP contribution is -2.63. The second-order valence-corrected chi connectivity index (χ2v) is 4.96. The first-order valence-electron chi connectivity index (χ1n) is 5.33. The third-order valence-electron chi connectivity index (χ3n) is 4.53. The summed E-state index contributed by atoms with van der Waals surface area (Å²) >= 11 is 0. The maximum Gasteiger partial charge on any atom is 0.142 e. The Bertz CT molecular complexity index is 225. The van der Waals surface area contributed by atoms with Crippen LogP contribution in [0.4, 0.5) is 0 Å². The van der Waals surface area contributed by atoms with Crippen LogP contribution in [-0.2, 0) is 4.74 Å². The summed E-state index contributed by atoms with van der Waals surface area (Å²) in [6, 6.07) is 1.02. The van der Waals surface area contributed by atoms with E-state index in [1.807, 2.05) is 0 Å². The van der Waals surface area contributed by atoms with Gasteiger partial charge in [0.1, 0.15) is 24.3 Å². The fraction of sp³-hybridized carbons (Fsp3) is 1.00. The van der Waals surface area contributed by atoms with Crippen molar-refractivity contribution in [2.45, 2.75) is 50.2 Å². The van der Waals surface area contributed by atoms with Crippen LogP contribution in [0.25, 0.3) is 0 Å². The summed E-state index contributed by atoms with van der Waals surface area (Å²) in [6.07, 6.45) is 2.23. The lowest BCUT2D eigenvalue weighted by Gasteiger charge is -2.49. The zero-order chi connectivity index (χ0) is 9.22. The molecule has 0 N–H and O–H groups in total. The number of hydrogen-bond acceptors (Lipinski definition) is 2. The number of morpholine rings is 1. The van der Waals surface area contributed by atoms with Crippen LogP contribution in [0.15, 0.2) is 0 Å². The molecule has 3 heteroatoms. The van der Waals surface area contributed by atoms with Gasteiger partial charge in [-0.3, -0.25) is 0 Å². The molecule has 3 heterocycles. The van der Waals surface area contributed by atoms with Crippen molar-refractivity contribution < 1.29 is 14.3 Å². The molecule has 4 unspecified atom stereocenters. The molecule has 3 fully saturated rings. The van der Waals surface area contributed by atoms with E-state index in [1.54, 1.807) is 0 Å². The van der Waals surface area contributed by atoms with Gasteiger partial charge in [0.2, 0.25) is 0 Å². The molecular formula is C10H17NO2. The highest BCUT2D eigenvalue weighted by molar-refractivity contribution is 5.07. The molecule has 2 bridgehead atoms. The highest BCUT2D eigenvalue weighted by Gasteiger charge is 2.69. The van der Waals surface area contributed by atoms with Gasteiger partial charge in [-0.1, -0.05) is 0 Å². The van der Waals surface area contributed by atoms with E-state index in [2.05, 4.69) is 14.0 Å². The zero-order valence-electron chi connectivity index (χ0n) is 8.27. The largest absolute Gasteiger partial charge is 0.852 e. The third-order valence-corrected chi connectivity index (χ3v) is 4.53. The van der Waals surface area contributed by atoms with Crippen LogP contribution in [0, 0.1) is 0 Å². The monoisotopic (exact) mass is 183 g/mol. The van der Waals surface area contributed by atoms with Crippen molar-refractivity contribution >= 4 is 0 Å². The number of rotatable bonds is 1. The van der Waals surface area contributed by atoms with Crippen LogP contribution in [0.3, 0.4) is 0 Å². The van der Waals surface area contributed by atoms with Gasteiger partial charge in [-0.05, 0) is 19.8 Å². The molecule has 0 radical (unpaired) electrons. The van der Waals surface area contributed by atoms with E-state index >= 15 is 0 Å². The van der Waals surface area contributed by atoms with E-state index in [0.29, 0.717) is 24.3 Å². The molecule has 0 aliphatic carbocycles. The molecule has 3 nitrogen and oxygen atoms in total. The quantitative estimate of drug-likeness (QED) is 0.405. The lowest BCUT2D eigenvalue weighted by molar-refractivity contribution is -0.956. The Morgan fingerprint density at radius 1 is 1.31 bits per heavy atom. The van der Waals surface area contributed by atoms with Crippen LogP contribution in [0.1, 0.15) is 19.8 Å².